The highest BCUT2D eigenvalue weighted by Gasteiger charge is 2.14. The molecule has 0 bridgehead atoms. The van der Waals surface area contributed by atoms with Gasteiger partial charge in [0.15, 0.2) is 0 Å². The lowest BCUT2D eigenvalue weighted by atomic mass is 10.2. The van der Waals surface area contributed by atoms with Gasteiger partial charge in [0.25, 0.3) is 5.91 Å². The van der Waals surface area contributed by atoms with Gasteiger partial charge in [0.1, 0.15) is 12.4 Å². The van der Waals surface area contributed by atoms with E-state index in [9.17, 15) is 9.59 Å². The number of nitrogens with zero attached hydrogens (tertiary/aromatic N) is 2. The normalized spacial score (nSPS) is 10.8. The standard InChI is InChI=1S/C21H23ClN4O2/c1-2-12-23-20(27)14-26-18-10-6-5-9-17(18)25-19(26)11-13-24-21(28)15-7-3-4-8-16(15)22/h3-10H,2,11-14H2,1H3,(H,23,27)(H,24,28). The second-order valence-electron chi connectivity index (χ2n) is 6.44. The van der Waals surface area contributed by atoms with E-state index in [1.165, 1.54) is 0 Å². The van der Waals surface area contributed by atoms with Gasteiger partial charge in [-0.3, -0.25) is 9.59 Å². The number of fused-ring (bicyclic) bond motifs is 1. The molecular weight excluding hydrogens is 376 g/mol. The molecule has 0 saturated heterocycles. The van der Waals surface area contributed by atoms with Crippen LogP contribution in [0, 0.1) is 0 Å². The van der Waals surface area contributed by atoms with Crippen molar-refractivity contribution in [3.8, 4) is 0 Å². The first-order chi connectivity index (χ1) is 13.6. The summed E-state index contributed by atoms with van der Waals surface area (Å²) < 4.78 is 1.90. The molecule has 1 heterocycles. The molecule has 3 aromatic rings. The van der Waals surface area contributed by atoms with Crippen molar-refractivity contribution in [2.24, 2.45) is 0 Å². The van der Waals surface area contributed by atoms with Crippen molar-refractivity contribution in [2.45, 2.75) is 26.3 Å². The van der Waals surface area contributed by atoms with Crippen LogP contribution in [-0.4, -0.2) is 34.5 Å². The Bertz CT molecular complexity index is 983. The third-order valence-corrected chi connectivity index (χ3v) is 4.69. The van der Waals surface area contributed by atoms with Crippen LogP contribution in [0.3, 0.4) is 0 Å². The van der Waals surface area contributed by atoms with Gasteiger partial charge in [-0.05, 0) is 30.7 Å². The third-order valence-electron chi connectivity index (χ3n) is 4.36. The highest BCUT2D eigenvalue weighted by molar-refractivity contribution is 6.33. The molecule has 0 aliphatic heterocycles. The Labute approximate surface area is 168 Å². The summed E-state index contributed by atoms with van der Waals surface area (Å²) in [5, 5.41) is 6.18. The van der Waals surface area contributed by atoms with E-state index in [0.717, 1.165) is 23.3 Å². The molecule has 2 aromatic carbocycles. The second-order valence-corrected chi connectivity index (χ2v) is 6.85. The summed E-state index contributed by atoms with van der Waals surface area (Å²) in [7, 11) is 0. The molecule has 0 fully saturated rings. The first kappa shape index (κ1) is 19.9. The number of halogens is 1. The number of hydrogen-bond acceptors (Lipinski definition) is 3. The zero-order chi connectivity index (χ0) is 19.9. The number of carbonyl (C=O) groups excluding carboxylic acids is 2. The fraction of sp³-hybridized carbons (Fsp3) is 0.286. The molecule has 0 atom stereocenters. The smallest absolute Gasteiger partial charge is 0.252 e. The minimum absolute atomic E-state index is 0.0497. The van der Waals surface area contributed by atoms with E-state index < -0.39 is 0 Å². The van der Waals surface area contributed by atoms with E-state index >= 15 is 0 Å². The topological polar surface area (TPSA) is 76.0 Å². The molecule has 0 aliphatic carbocycles. The average Bonchev–Trinajstić information content (AvgIpc) is 3.04. The van der Waals surface area contributed by atoms with Crippen LogP contribution in [0.5, 0.6) is 0 Å². The van der Waals surface area contributed by atoms with Crippen LogP contribution >= 0.6 is 11.6 Å². The van der Waals surface area contributed by atoms with Gasteiger partial charge in [0.05, 0.1) is 21.6 Å². The zero-order valence-electron chi connectivity index (χ0n) is 15.7. The van der Waals surface area contributed by atoms with Crippen LogP contribution in [0.2, 0.25) is 5.02 Å². The van der Waals surface area contributed by atoms with Gasteiger partial charge in [-0.1, -0.05) is 42.8 Å². The lowest BCUT2D eigenvalue weighted by Gasteiger charge is -2.10. The maximum absolute atomic E-state index is 12.3. The summed E-state index contributed by atoms with van der Waals surface area (Å²) in [6.07, 6.45) is 1.39. The Morgan fingerprint density at radius 3 is 2.57 bits per heavy atom. The highest BCUT2D eigenvalue weighted by atomic mass is 35.5. The Morgan fingerprint density at radius 2 is 1.79 bits per heavy atom. The van der Waals surface area contributed by atoms with E-state index in [4.69, 9.17) is 11.6 Å². The SMILES string of the molecule is CCCNC(=O)Cn1c(CCNC(=O)c2ccccc2Cl)nc2ccccc21. The van der Waals surface area contributed by atoms with Crippen LogP contribution in [-0.2, 0) is 17.8 Å². The van der Waals surface area contributed by atoms with Crippen LogP contribution in [0.1, 0.15) is 29.5 Å². The number of imidazole rings is 1. The van der Waals surface area contributed by atoms with Gasteiger partial charge >= 0.3 is 0 Å². The van der Waals surface area contributed by atoms with E-state index in [2.05, 4.69) is 15.6 Å². The first-order valence-electron chi connectivity index (χ1n) is 9.33. The lowest BCUT2D eigenvalue weighted by Crippen LogP contribution is -2.30. The van der Waals surface area contributed by atoms with Gasteiger partial charge in [0.2, 0.25) is 5.91 Å². The van der Waals surface area contributed by atoms with E-state index in [1.807, 2.05) is 35.8 Å². The van der Waals surface area contributed by atoms with Gasteiger partial charge in [-0.15, -0.1) is 0 Å². The zero-order valence-corrected chi connectivity index (χ0v) is 16.5. The molecule has 6 nitrogen and oxygen atoms in total. The second kappa shape index (κ2) is 9.37. The summed E-state index contributed by atoms with van der Waals surface area (Å²) in [4.78, 5) is 29.2. The third kappa shape index (κ3) is 4.70. The number of carbonyl (C=O) groups is 2. The van der Waals surface area contributed by atoms with Gasteiger partial charge in [-0.2, -0.15) is 0 Å². The molecule has 0 unspecified atom stereocenters. The minimum atomic E-state index is -0.228. The number of amides is 2. The summed E-state index contributed by atoms with van der Waals surface area (Å²) in [5.74, 6) is 0.479. The monoisotopic (exact) mass is 398 g/mol. The van der Waals surface area contributed by atoms with Crippen molar-refractivity contribution >= 4 is 34.4 Å². The highest BCUT2D eigenvalue weighted by Crippen LogP contribution is 2.17. The van der Waals surface area contributed by atoms with Crippen molar-refractivity contribution in [3.05, 3.63) is 64.9 Å². The van der Waals surface area contributed by atoms with Crippen molar-refractivity contribution in [2.75, 3.05) is 13.1 Å². The Morgan fingerprint density at radius 1 is 1.04 bits per heavy atom. The van der Waals surface area contributed by atoms with Crippen LogP contribution in [0.25, 0.3) is 11.0 Å². The predicted molar refractivity (Wildman–Crippen MR) is 111 cm³/mol. The molecule has 7 heteroatoms. The van der Waals surface area contributed by atoms with Crippen LogP contribution in [0.4, 0.5) is 0 Å². The molecule has 0 aliphatic rings. The van der Waals surface area contributed by atoms with Crippen molar-refractivity contribution < 1.29 is 9.59 Å². The van der Waals surface area contributed by atoms with Gasteiger partial charge < -0.3 is 15.2 Å². The number of para-hydroxylation sites is 2. The molecule has 0 spiro atoms. The molecule has 2 amide bonds. The Kier molecular flexibility index (Phi) is 6.66. The average molecular weight is 399 g/mol. The number of nitrogens with one attached hydrogen (secondary N) is 2. The summed E-state index contributed by atoms with van der Waals surface area (Å²) >= 11 is 6.07. The molecule has 3 rings (SSSR count). The molecule has 146 valence electrons. The Hall–Kier alpha value is -2.86. The lowest BCUT2D eigenvalue weighted by molar-refractivity contribution is -0.121. The van der Waals surface area contributed by atoms with Crippen molar-refractivity contribution in [1.29, 1.82) is 0 Å². The largest absolute Gasteiger partial charge is 0.355 e. The quantitative estimate of drug-likeness (QED) is 0.611. The van der Waals surface area contributed by atoms with Gasteiger partial charge in [-0.25, -0.2) is 4.98 Å². The van der Waals surface area contributed by atoms with Crippen LogP contribution < -0.4 is 10.6 Å². The molecule has 1 aromatic heterocycles. The van der Waals surface area contributed by atoms with E-state index in [0.29, 0.717) is 30.1 Å². The summed E-state index contributed by atoms with van der Waals surface area (Å²) in [6.45, 7) is 3.26. The maximum atomic E-state index is 12.3. The molecule has 0 radical (unpaired) electrons. The number of hydrogen-bond donors (Lipinski definition) is 2. The van der Waals surface area contributed by atoms with Gasteiger partial charge in [0, 0.05) is 19.5 Å². The van der Waals surface area contributed by atoms with E-state index in [-0.39, 0.29) is 18.4 Å². The number of rotatable bonds is 8. The fourth-order valence-corrected chi connectivity index (χ4v) is 3.21. The van der Waals surface area contributed by atoms with Crippen molar-refractivity contribution in [1.82, 2.24) is 20.2 Å². The predicted octanol–water partition coefficient (Wildman–Crippen LogP) is 3.19. The number of aromatic nitrogens is 2. The number of benzene rings is 2. The van der Waals surface area contributed by atoms with Crippen LogP contribution in [0.15, 0.2) is 48.5 Å². The van der Waals surface area contributed by atoms with E-state index in [1.54, 1.807) is 24.3 Å². The summed E-state index contributed by atoms with van der Waals surface area (Å²) in [6, 6.07) is 14.6. The summed E-state index contributed by atoms with van der Waals surface area (Å²) in [5.41, 5.74) is 2.18. The Balaban J connectivity index is 1.71. The molecular formula is C21H23ClN4O2. The molecule has 28 heavy (non-hydrogen) atoms. The van der Waals surface area contributed by atoms with Crippen molar-refractivity contribution in [3.63, 3.8) is 0 Å². The fourth-order valence-electron chi connectivity index (χ4n) is 2.99. The molecule has 2 N–H and O–H groups in total. The minimum Gasteiger partial charge on any atom is -0.355 e. The molecule has 0 saturated carbocycles. The maximum Gasteiger partial charge on any atom is 0.252 e. The first-order valence-corrected chi connectivity index (χ1v) is 9.71.